The Morgan fingerprint density at radius 2 is 1.77 bits per heavy atom. The molecular formula is C19H33N2O9P. The standard InChI is InChI=1S/C19H33N2O9P/c1-6-18(4,26)31(27,28)30-19(7-2,8-3)9-12-13(22)14(23)15(29-12)11-10-20-17(25)21(5)16(11)24/h10,12-15,22-23,26H,6-9H2,1-5H3,(H,20,25)(H,27,28)/t12-,13-,14-,15+,18-/m1/s1. The summed E-state index contributed by atoms with van der Waals surface area (Å²) in [5.41, 5.74) is -2.57. The van der Waals surface area contributed by atoms with Crippen molar-refractivity contribution in [1.29, 1.82) is 0 Å². The molecule has 0 bridgehead atoms. The van der Waals surface area contributed by atoms with Gasteiger partial charge >= 0.3 is 13.3 Å². The second kappa shape index (κ2) is 9.27. The zero-order valence-corrected chi connectivity index (χ0v) is 19.3. The van der Waals surface area contributed by atoms with Gasteiger partial charge in [0.2, 0.25) is 0 Å². The van der Waals surface area contributed by atoms with Crippen molar-refractivity contribution in [3.63, 3.8) is 0 Å². The maximum Gasteiger partial charge on any atom is 0.359 e. The van der Waals surface area contributed by atoms with E-state index in [1.165, 1.54) is 14.0 Å². The minimum atomic E-state index is -4.47. The predicted octanol–water partition coefficient (Wildman–Crippen LogP) is 0.505. The Morgan fingerprint density at radius 1 is 1.19 bits per heavy atom. The smallest absolute Gasteiger partial charge is 0.359 e. The number of ether oxygens (including phenoxy) is 1. The van der Waals surface area contributed by atoms with Crippen molar-refractivity contribution >= 4 is 7.60 Å². The highest BCUT2D eigenvalue weighted by molar-refractivity contribution is 7.54. The number of rotatable bonds is 9. The van der Waals surface area contributed by atoms with Gasteiger partial charge in [0, 0.05) is 19.7 Å². The van der Waals surface area contributed by atoms with Gasteiger partial charge in [0.05, 0.1) is 17.3 Å². The van der Waals surface area contributed by atoms with Gasteiger partial charge in [0.15, 0.2) is 5.34 Å². The highest BCUT2D eigenvalue weighted by Crippen LogP contribution is 2.59. The third-order valence-electron chi connectivity index (χ3n) is 6.33. The summed E-state index contributed by atoms with van der Waals surface area (Å²) < 4.78 is 25.0. The highest BCUT2D eigenvalue weighted by Gasteiger charge is 2.51. The zero-order chi connectivity index (χ0) is 23.8. The molecule has 5 N–H and O–H groups in total. The summed E-state index contributed by atoms with van der Waals surface area (Å²) in [5, 5.41) is 29.4. The molecule has 2 rings (SSSR count). The molecule has 0 spiro atoms. The van der Waals surface area contributed by atoms with Crippen LogP contribution in [0.5, 0.6) is 0 Å². The van der Waals surface area contributed by atoms with Gasteiger partial charge < -0.3 is 29.9 Å². The van der Waals surface area contributed by atoms with Crippen LogP contribution in [0.3, 0.4) is 0 Å². The summed E-state index contributed by atoms with van der Waals surface area (Å²) >= 11 is 0. The van der Waals surface area contributed by atoms with Crippen LogP contribution in [-0.4, -0.2) is 59.0 Å². The van der Waals surface area contributed by atoms with Gasteiger partial charge in [0.1, 0.15) is 18.3 Å². The summed E-state index contributed by atoms with van der Waals surface area (Å²) in [5.74, 6) is 0. The Morgan fingerprint density at radius 3 is 2.29 bits per heavy atom. The number of H-pyrrole nitrogens is 1. The number of nitrogens with one attached hydrogen (secondary N) is 1. The van der Waals surface area contributed by atoms with E-state index in [0.717, 1.165) is 10.8 Å². The lowest BCUT2D eigenvalue weighted by Gasteiger charge is -2.39. The number of aliphatic hydroxyl groups is 3. The van der Waals surface area contributed by atoms with Crippen LogP contribution >= 0.6 is 7.60 Å². The van der Waals surface area contributed by atoms with Crippen LogP contribution in [0.1, 0.15) is 65.0 Å². The Hall–Kier alpha value is -1.33. The van der Waals surface area contributed by atoms with Crippen LogP contribution in [0.4, 0.5) is 0 Å². The van der Waals surface area contributed by atoms with E-state index >= 15 is 0 Å². The molecule has 0 aliphatic carbocycles. The lowest BCUT2D eigenvalue weighted by atomic mass is 9.88. The third kappa shape index (κ3) is 4.88. The monoisotopic (exact) mass is 464 g/mol. The number of hydrogen-bond donors (Lipinski definition) is 5. The van der Waals surface area contributed by atoms with E-state index in [2.05, 4.69) is 4.98 Å². The first-order valence-electron chi connectivity index (χ1n) is 10.3. The summed E-state index contributed by atoms with van der Waals surface area (Å²) in [6.45, 7) is 6.24. The van der Waals surface area contributed by atoms with Crippen molar-refractivity contribution in [2.75, 3.05) is 0 Å². The molecule has 2 heterocycles. The van der Waals surface area contributed by atoms with Crippen LogP contribution in [-0.2, 0) is 20.9 Å². The van der Waals surface area contributed by atoms with Crippen molar-refractivity contribution in [1.82, 2.24) is 9.55 Å². The fourth-order valence-corrected chi connectivity index (χ4v) is 5.05. The van der Waals surface area contributed by atoms with Crippen LogP contribution in [0, 0.1) is 0 Å². The topological polar surface area (TPSA) is 171 Å². The molecule has 1 aromatic heterocycles. The Balaban J connectivity index is 2.33. The van der Waals surface area contributed by atoms with Crippen LogP contribution < -0.4 is 11.2 Å². The fourth-order valence-electron chi connectivity index (χ4n) is 3.59. The van der Waals surface area contributed by atoms with Crippen molar-refractivity contribution in [2.45, 2.75) is 88.7 Å². The van der Waals surface area contributed by atoms with E-state index in [1.807, 2.05) is 0 Å². The summed E-state index contributed by atoms with van der Waals surface area (Å²) in [6, 6.07) is 0. The minimum absolute atomic E-state index is 0.0108. The van der Waals surface area contributed by atoms with Gasteiger partial charge in [-0.2, -0.15) is 0 Å². The van der Waals surface area contributed by atoms with Gasteiger partial charge in [-0.3, -0.25) is 18.5 Å². The molecule has 0 saturated carbocycles. The fraction of sp³-hybridized carbons (Fsp3) is 0.789. The lowest BCUT2D eigenvalue weighted by Crippen LogP contribution is -2.41. The quantitative estimate of drug-likeness (QED) is 0.326. The van der Waals surface area contributed by atoms with Gasteiger partial charge in [0.25, 0.3) is 5.56 Å². The molecular weight excluding hydrogens is 431 g/mol. The Labute approximate surface area is 180 Å². The molecule has 1 aliphatic heterocycles. The first-order valence-corrected chi connectivity index (χ1v) is 11.9. The summed E-state index contributed by atoms with van der Waals surface area (Å²) in [7, 11) is -3.20. The van der Waals surface area contributed by atoms with E-state index in [1.54, 1.807) is 20.8 Å². The number of aliphatic hydroxyl groups excluding tert-OH is 2. The molecule has 1 saturated heterocycles. The van der Waals surface area contributed by atoms with E-state index < -0.39 is 54.2 Å². The molecule has 11 nitrogen and oxygen atoms in total. The van der Waals surface area contributed by atoms with Gasteiger partial charge in [-0.25, -0.2) is 4.79 Å². The van der Waals surface area contributed by atoms with Gasteiger partial charge in [-0.05, 0) is 26.2 Å². The number of nitrogens with zero attached hydrogens (tertiary/aromatic N) is 1. The highest BCUT2D eigenvalue weighted by atomic mass is 31.2. The summed E-state index contributed by atoms with van der Waals surface area (Å²) in [4.78, 5) is 36.8. The maximum absolute atomic E-state index is 12.8. The molecule has 6 atom stereocenters. The van der Waals surface area contributed by atoms with Crippen LogP contribution in [0.25, 0.3) is 0 Å². The SMILES string of the molecule is CCC(CC)(C[C@H]1O[C@@H](c2c[nH]c(=O)n(C)c2=O)[C@H](O)[C@@H]1O)OP(=O)(O)[C@@](C)(O)CC. The molecule has 1 aromatic rings. The molecule has 1 aliphatic rings. The first-order chi connectivity index (χ1) is 14.3. The maximum atomic E-state index is 12.8. The van der Waals surface area contributed by atoms with Gasteiger partial charge in [-0.15, -0.1) is 0 Å². The Bertz CT molecular complexity index is 937. The normalized spacial score (nSPS) is 28.3. The van der Waals surface area contributed by atoms with E-state index in [0.29, 0.717) is 0 Å². The van der Waals surface area contributed by atoms with E-state index in [-0.39, 0.29) is 31.2 Å². The number of aromatic amines is 1. The molecule has 12 heteroatoms. The second-order valence-corrected chi connectivity index (χ2v) is 10.5. The molecule has 0 amide bonds. The van der Waals surface area contributed by atoms with Crippen LogP contribution in [0.15, 0.2) is 15.8 Å². The zero-order valence-electron chi connectivity index (χ0n) is 18.4. The second-order valence-electron chi connectivity index (χ2n) is 8.27. The average Bonchev–Trinajstić information content (AvgIpc) is 2.99. The Kier molecular flexibility index (Phi) is 7.75. The van der Waals surface area contributed by atoms with Crippen molar-refractivity contribution < 1.29 is 34.0 Å². The average molecular weight is 464 g/mol. The number of hydrogen-bond acceptors (Lipinski definition) is 8. The van der Waals surface area contributed by atoms with Crippen molar-refractivity contribution in [3.05, 3.63) is 32.6 Å². The molecule has 0 aromatic carbocycles. The molecule has 178 valence electrons. The first kappa shape index (κ1) is 25.9. The van der Waals surface area contributed by atoms with Crippen molar-refractivity contribution in [3.8, 4) is 0 Å². The lowest BCUT2D eigenvalue weighted by molar-refractivity contribution is -0.0620. The molecule has 0 radical (unpaired) electrons. The molecule has 31 heavy (non-hydrogen) atoms. The van der Waals surface area contributed by atoms with Crippen molar-refractivity contribution in [2.24, 2.45) is 7.05 Å². The largest absolute Gasteiger partial charge is 0.388 e. The van der Waals surface area contributed by atoms with Gasteiger partial charge in [-0.1, -0.05) is 20.8 Å². The predicted molar refractivity (Wildman–Crippen MR) is 112 cm³/mol. The molecule has 1 fully saturated rings. The number of aromatic nitrogens is 2. The minimum Gasteiger partial charge on any atom is -0.388 e. The third-order valence-corrected chi connectivity index (χ3v) is 8.50. The van der Waals surface area contributed by atoms with E-state index in [4.69, 9.17) is 9.26 Å². The van der Waals surface area contributed by atoms with Crippen LogP contribution in [0.2, 0.25) is 0 Å². The summed E-state index contributed by atoms with van der Waals surface area (Å²) in [6.07, 6.45) is -3.51. The van der Waals surface area contributed by atoms with E-state index in [9.17, 15) is 34.4 Å². The molecule has 1 unspecified atom stereocenters.